The average molecular weight is 300 g/mol. The highest BCUT2D eigenvalue weighted by atomic mass is 32.2. The smallest absolute Gasteiger partial charge is 0.240 e. The molecule has 1 aliphatic rings. The molecule has 0 bridgehead atoms. The average Bonchev–Trinajstić information content (AvgIpc) is 2.35. The third-order valence-electron chi connectivity index (χ3n) is 3.76. The molecule has 0 amide bonds. The molecule has 0 unspecified atom stereocenters. The number of benzene rings is 1. The molecule has 1 aromatic carbocycles. The zero-order valence-corrected chi connectivity index (χ0v) is 12.5. The van der Waals surface area contributed by atoms with Crippen molar-refractivity contribution in [2.75, 3.05) is 13.6 Å². The second-order valence-electron chi connectivity index (χ2n) is 5.27. The van der Waals surface area contributed by atoms with Crippen LogP contribution in [0.15, 0.2) is 23.1 Å². The number of hydrogen-bond acceptors (Lipinski definition) is 3. The lowest BCUT2D eigenvalue weighted by Gasteiger charge is -2.25. The van der Waals surface area contributed by atoms with Crippen molar-refractivity contribution >= 4 is 10.0 Å². The van der Waals surface area contributed by atoms with E-state index in [1.54, 1.807) is 7.05 Å². The molecule has 1 fully saturated rings. The lowest BCUT2D eigenvalue weighted by molar-refractivity contribution is 0.297. The zero-order chi connectivity index (χ0) is 14.6. The van der Waals surface area contributed by atoms with E-state index in [1.165, 1.54) is 37.5 Å². The largest absolute Gasteiger partial charge is 0.316 e. The van der Waals surface area contributed by atoms with Gasteiger partial charge in [-0.15, -0.1) is 0 Å². The van der Waals surface area contributed by atoms with Gasteiger partial charge in [-0.2, -0.15) is 0 Å². The van der Waals surface area contributed by atoms with E-state index in [2.05, 4.69) is 10.0 Å². The third kappa shape index (κ3) is 3.77. The van der Waals surface area contributed by atoms with Crippen LogP contribution in [0.2, 0.25) is 0 Å². The first-order valence-corrected chi connectivity index (χ1v) is 8.44. The maximum absolute atomic E-state index is 13.5. The fourth-order valence-corrected chi connectivity index (χ4v) is 3.40. The minimum atomic E-state index is -3.54. The summed E-state index contributed by atoms with van der Waals surface area (Å²) in [6.45, 7) is 0.753. The molecule has 6 heteroatoms. The second-order valence-corrected chi connectivity index (χ2v) is 7.03. The normalized spacial score (nSPS) is 16.1. The Kier molecular flexibility index (Phi) is 5.12. The minimum Gasteiger partial charge on any atom is -0.316 e. The van der Waals surface area contributed by atoms with Crippen LogP contribution in [0.25, 0.3) is 0 Å². The maximum atomic E-state index is 13.5. The molecule has 1 aromatic rings. The van der Waals surface area contributed by atoms with Gasteiger partial charge in [-0.25, -0.2) is 17.5 Å². The van der Waals surface area contributed by atoms with Gasteiger partial charge in [-0.1, -0.05) is 19.3 Å². The summed E-state index contributed by atoms with van der Waals surface area (Å²) in [7, 11) is -1.85. The molecule has 0 saturated heterocycles. The van der Waals surface area contributed by atoms with Crippen molar-refractivity contribution in [1.82, 2.24) is 10.0 Å². The van der Waals surface area contributed by atoms with Crippen LogP contribution >= 0.6 is 0 Å². The number of rotatable bonds is 7. The summed E-state index contributed by atoms with van der Waals surface area (Å²) in [5.74, 6) is 0.263. The minimum absolute atomic E-state index is 0.123. The molecule has 1 aliphatic carbocycles. The second kappa shape index (κ2) is 6.65. The summed E-state index contributed by atoms with van der Waals surface area (Å²) in [5.41, 5.74) is 0.356. The molecule has 112 valence electrons. The number of nitrogens with one attached hydrogen (secondary N) is 2. The lowest BCUT2D eigenvalue weighted by Crippen LogP contribution is -2.27. The van der Waals surface area contributed by atoms with Gasteiger partial charge in [0, 0.05) is 18.7 Å². The van der Waals surface area contributed by atoms with Gasteiger partial charge in [0.05, 0.1) is 4.90 Å². The van der Waals surface area contributed by atoms with Crippen molar-refractivity contribution in [2.24, 2.45) is 5.92 Å². The zero-order valence-electron chi connectivity index (χ0n) is 11.7. The van der Waals surface area contributed by atoms with E-state index in [0.717, 1.165) is 6.42 Å². The van der Waals surface area contributed by atoms with Gasteiger partial charge >= 0.3 is 0 Å². The summed E-state index contributed by atoms with van der Waals surface area (Å²) in [4.78, 5) is 0.123. The van der Waals surface area contributed by atoms with Gasteiger partial charge in [0.15, 0.2) is 0 Å². The van der Waals surface area contributed by atoms with Gasteiger partial charge in [0.1, 0.15) is 5.82 Å². The van der Waals surface area contributed by atoms with Crippen molar-refractivity contribution in [3.63, 3.8) is 0 Å². The van der Waals surface area contributed by atoms with Gasteiger partial charge in [0.25, 0.3) is 0 Å². The Morgan fingerprint density at radius 3 is 2.70 bits per heavy atom. The van der Waals surface area contributed by atoms with Crippen molar-refractivity contribution in [3.8, 4) is 0 Å². The van der Waals surface area contributed by atoms with Crippen LogP contribution < -0.4 is 10.0 Å². The number of hydrogen-bond donors (Lipinski definition) is 2. The molecule has 0 aromatic heterocycles. The van der Waals surface area contributed by atoms with E-state index in [4.69, 9.17) is 0 Å². The summed E-state index contributed by atoms with van der Waals surface area (Å²) in [5, 5.41) is 2.82. The molecular formula is C14H21FN2O2S. The monoisotopic (exact) mass is 300 g/mol. The molecule has 4 nitrogen and oxygen atoms in total. The van der Waals surface area contributed by atoms with Crippen molar-refractivity contribution in [1.29, 1.82) is 0 Å². The quantitative estimate of drug-likeness (QED) is 0.810. The predicted octanol–water partition coefficient (Wildman–Crippen LogP) is 2.01. The molecule has 0 heterocycles. The SMILES string of the molecule is CNCc1cc(S(=O)(=O)NCCC2CCC2)ccc1F. The van der Waals surface area contributed by atoms with Crippen molar-refractivity contribution < 1.29 is 12.8 Å². The summed E-state index contributed by atoms with van der Waals surface area (Å²) in [6, 6.07) is 3.89. The Morgan fingerprint density at radius 2 is 2.10 bits per heavy atom. The molecule has 0 radical (unpaired) electrons. The topological polar surface area (TPSA) is 58.2 Å². The molecule has 0 spiro atoms. The van der Waals surface area contributed by atoms with Gasteiger partial charge < -0.3 is 5.32 Å². The van der Waals surface area contributed by atoms with Crippen LogP contribution in [-0.4, -0.2) is 22.0 Å². The highest BCUT2D eigenvalue weighted by molar-refractivity contribution is 7.89. The highest BCUT2D eigenvalue weighted by Crippen LogP contribution is 2.28. The van der Waals surface area contributed by atoms with E-state index >= 15 is 0 Å². The van der Waals surface area contributed by atoms with Gasteiger partial charge in [0.2, 0.25) is 10.0 Å². The van der Waals surface area contributed by atoms with Crippen LogP contribution in [0.5, 0.6) is 0 Å². The molecule has 0 aliphatic heterocycles. The summed E-state index contributed by atoms with van der Waals surface area (Å²) < 4.78 is 40.4. The molecular weight excluding hydrogens is 279 g/mol. The van der Waals surface area contributed by atoms with E-state index in [1.807, 2.05) is 0 Å². The van der Waals surface area contributed by atoms with Crippen LogP contribution in [0.4, 0.5) is 4.39 Å². The maximum Gasteiger partial charge on any atom is 0.240 e. The lowest BCUT2D eigenvalue weighted by atomic mass is 9.83. The summed E-state index contributed by atoms with van der Waals surface area (Å²) >= 11 is 0. The standard InChI is InChI=1S/C14H21FN2O2S/c1-16-10-12-9-13(5-6-14(12)15)20(18,19)17-8-7-11-3-2-4-11/h5-6,9,11,16-17H,2-4,7-8,10H2,1H3. The molecule has 2 N–H and O–H groups in total. The van der Waals surface area contributed by atoms with Crippen LogP contribution in [-0.2, 0) is 16.6 Å². The van der Waals surface area contributed by atoms with Crippen molar-refractivity contribution in [2.45, 2.75) is 37.1 Å². The van der Waals surface area contributed by atoms with E-state index in [9.17, 15) is 12.8 Å². The molecule has 0 atom stereocenters. The van der Waals surface area contributed by atoms with E-state index < -0.39 is 15.8 Å². The van der Waals surface area contributed by atoms with Crippen molar-refractivity contribution in [3.05, 3.63) is 29.6 Å². The Hall–Kier alpha value is -0.980. The number of sulfonamides is 1. The Labute approximate surface area is 119 Å². The first-order valence-electron chi connectivity index (χ1n) is 6.95. The van der Waals surface area contributed by atoms with Crippen LogP contribution in [0.3, 0.4) is 0 Å². The van der Waals surface area contributed by atoms with Crippen LogP contribution in [0, 0.1) is 11.7 Å². The third-order valence-corrected chi connectivity index (χ3v) is 5.22. The Morgan fingerprint density at radius 1 is 1.35 bits per heavy atom. The molecule has 2 rings (SSSR count). The summed E-state index contributed by atoms with van der Waals surface area (Å²) in [6.07, 6.45) is 4.53. The first-order chi connectivity index (χ1) is 9.53. The first kappa shape index (κ1) is 15.4. The van der Waals surface area contributed by atoms with Gasteiger partial charge in [-0.05, 0) is 37.6 Å². The fraction of sp³-hybridized carbons (Fsp3) is 0.571. The molecule has 1 saturated carbocycles. The fourth-order valence-electron chi connectivity index (χ4n) is 2.31. The highest BCUT2D eigenvalue weighted by Gasteiger charge is 2.19. The van der Waals surface area contributed by atoms with Crippen LogP contribution in [0.1, 0.15) is 31.2 Å². The molecule has 20 heavy (non-hydrogen) atoms. The number of halogens is 1. The van der Waals surface area contributed by atoms with Gasteiger partial charge in [-0.3, -0.25) is 0 Å². The van der Waals surface area contributed by atoms with E-state index in [0.29, 0.717) is 24.6 Å². The Balaban J connectivity index is 2.01. The van der Waals surface area contributed by atoms with E-state index in [-0.39, 0.29) is 4.90 Å². The Bertz CT molecular complexity index is 556. The predicted molar refractivity (Wildman–Crippen MR) is 76.3 cm³/mol.